The summed E-state index contributed by atoms with van der Waals surface area (Å²) in [4.78, 5) is 30.3. The average molecular weight is 380 g/mol. The maximum atomic E-state index is 12.7. The van der Waals surface area contributed by atoms with Gasteiger partial charge in [-0.1, -0.05) is 13.8 Å². The molecule has 7 nitrogen and oxygen atoms in total. The number of nitrogens with zero attached hydrogens (tertiary/aromatic N) is 1. The molecule has 0 saturated carbocycles. The van der Waals surface area contributed by atoms with E-state index in [0.717, 1.165) is 32.7 Å². The van der Waals surface area contributed by atoms with E-state index >= 15 is 0 Å². The second kappa shape index (κ2) is 9.90. The summed E-state index contributed by atoms with van der Waals surface area (Å²) in [5.41, 5.74) is 2.17. The van der Waals surface area contributed by atoms with Gasteiger partial charge in [0.25, 0.3) is 5.91 Å². The third-order valence-corrected chi connectivity index (χ3v) is 4.95. The first-order valence-electron chi connectivity index (χ1n) is 9.81. The van der Waals surface area contributed by atoms with Crippen LogP contribution < -0.4 is 5.32 Å². The lowest BCUT2D eigenvalue weighted by Gasteiger charge is -2.35. The molecule has 0 unspecified atom stereocenters. The summed E-state index contributed by atoms with van der Waals surface area (Å²) in [7, 11) is 0. The molecular formula is C20H33N3O4. The Kier molecular flexibility index (Phi) is 7.86. The number of morpholine rings is 1. The Morgan fingerprint density at radius 1 is 1.26 bits per heavy atom. The highest BCUT2D eigenvalue weighted by Gasteiger charge is 2.25. The first-order valence-corrected chi connectivity index (χ1v) is 9.81. The Morgan fingerprint density at radius 2 is 1.93 bits per heavy atom. The van der Waals surface area contributed by atoms with Crippen LogP contribution in [0.3, 0.4) is 0 Å². The zero-order chi connectivity index (χ0) is 20.0. The normalized spacial score (nSPS) is 16.4. The number of aromatic nitrogens is 1. The summed E-state index contributed by atoms with van der Waals surface area (Å²) >= 11 is 0. The van der Waals surface area contributed by atoms with Crippen LogP contribution in [0.1, 0.15) is 59.3 Å². The number of nitrogens with one attached hydrogen (secondary N) is 2. The molecule has 7 heteroatoms. The van der Waals surface area contributed by atoms with E-state index in [4.69, 9.17) is 9.47 Å². The summed E-state index contributed by atoms with van der Waals surface area (Å²) in [6, 6.07) is 0.277. The Balaban J connectivity index is 2.06. The molecule has 152 valence electrons. The van der Waals surface area contributed by atoms with Gasteiger partial charge in [0.2, 0.25) is 0 Å². The van der Waals surface area contributed by atoms with E-state index in [0.29, 0.717) is 41.6 Å². The summed E-state index contributed by atoms with van der Waals surface area (Å²) in [6.07, 6.45) is 1.01. The van der Waals surface area contributed by atoms with Crippen molar-refractivity contribution in [3.05, 3.63) is 22.5 Å². The fourth-order valence-electron chi connectivity index (χ4n) is 3.63. The SMILES string of the molecule is CCOC(=O)c1c(C)[nH]c(C(=O)NC[C@@H](CC(C)C)N2CCOCC2)c1C. The molecule has 1 aliphatic rings. The lowest BCUT2D eigenvalue weighted by Crippen LogP contribution is -2.49. The van der Waals surface area contributed by atoms with E-state index < -0.39 is 5.97 Å². The fraction of sp³-hybridized carbons (Fsp3) is 0.700. The third kappa shape index (κ3) is 5.56. The molecule has 0 radical (unpaired) electrons. The zero-order valence-corrected chi connectivity index (χ0v) is 17.2. The van der Waals surface area contributed by atoms with Crippen LogP contribution in [0, 0.1) is 19.8 Å². The van der Waals surface area contributed by atoms with Crippen molar-refractivity contribution in [2.75, 3.05) is 39.5 Å². The van der Waals surface area contributed by atoms with Gasteiger partial charge in [0.15, 0.2) is 0 Å². The van der Waals surface area contributed by atoms with E-state index in [9.17, 15) is 9.59 Å². The van der Waals surface area contributed by atoms with E-state index in [1.807, 2.05) is 0 Å². The van der Waals surface area contributed by atoms with Crippen molar-refractivity contribution >= 4 is 11.9 Å². The van der Waals surface area contributed by atoms with E-state index in [1.54, 1.807) is 20.8 Å². The molecule has 1 aromatic rings. The molecule has 0 aromatic carbocycles. The molecule has 1 atom stereocenters. The molecule has 2 rings (SSSR count). The lowest BCUT2D eigenvalue weighted by molar-refractivity contribution is 0.0124. The maximum absolute atomic E-state index is 12.7. The van der Waals surface area contributed by atoms with Crippen molar-refractivity contribution in [2.24, 2.45) is 5.92 Å². The van der Waals surface area contributed by atoms with Crippen molar-refractivity contribution < 1.29 is 19.1 Å². The van der Waals surface area contributed by atoms with Crippen molar-refractivity contribution in [1.82, 2.24) is 15.2 Å². The number of esters is 1. The number of aromatic amines is 1. The fourth-order valence-corrected chi connectivity index (χ4v) is 3.63. The number of carbonyl (C=O) groups is 2. The van der Waals surface area contributed by atoms with Gasteiger partial charge in [-0.05, 0) is 38.7 Å². The van der Waals surface area contributed by atoms with Crippen LogP contribution in [0.25, 0.3) is 0 Å². The van der Waals surface area contributed by atoms with Crippen LogP contribution in [-0.2, 0) is 9.47 Å². The van der Waals surface area contributed by atoms with Gasteiger partial charge in [0, 0.05) is 31.4 Å². The maximum Gasteiger partial charge on any atom is 0.340 e. The van der Waals surface area contributed by atoms with Gasteiger partial charge in [0.1, 0.15) is 5.69 Å². The van der Waals surface area contributed by atoms with Crippen LogP contribution in [0.4, 0.5) is 0 Å². The second-order valence-electron chi connectivity index (χ2n) is 7.49. The first-order chi connectivity index (χ1) is 12.8. The Labute approximate surface area is 161 Å². The summed E-state index contributed by atoms with van der Waals surface area (Å²) in [5.74, 6) is -0.0402. The molecule has 1 aliphatic heterocycles. The molecule has 27 heavy (non-hydrogen) atoms. The minimum absolute atomic E-state index is 0.187. The molecule has 0 bridgehead atoms. The number of amides is 1. The number of H-pyrrole nitrogens is 1. The van der Waals surface area contributed by atoms with Gasteiger partial charge < -0.3 is 19.8 Å². The lowest BCUT2D eigenvalue weighted by atomic mass is 10.0. The average Bonchev–Trinajstić information content (AvgIpc) is 2.93. The molecule has 0 aliphatic carbocycles. The molecule has 1 fully saturated rings. The van der Waals surface area contributed by atoms with Crippen LogP contribution in [0.2, 0.25) is 0 Å². The van der Waals surface area contributed by atoms with Gasteiger partial charge in [0.05, 0.1) is 25.4 Å². The Morgan fingerprint density at radius 3 is 2.52 bits per heavy atom. The van der Waals surface area contributed by atoms with Gasteiger partial charge in [-0.3, -0.25) is 9.69 Å². The number of rotatable bonds is 8. The van der Waals surface area contributed by atoms with Crippen LogP contribution >= 0.6 is 0 Å². The number of aryl methyl sites for hydroxylation is 1. The van der Waals surface area contributed by atoms with Crippen molar-refractivity contribution in [3.8, 4) is 0 Å². The first kappa shape index (κ1) is 21.4. The van der Waals surface area contributed by atoms with Crippen LogP contribution in [-0.4, -0.2) is 67.3 Å². The number of hydrogen-bond acceptors (Lipinski definition) is 5. The minimum Gasteiger partial charge on any atom is -0.462 e. The topological polar surface area (TPSA) is 83.7 Å². The van der Waals surface area contributed by atoms with E-state index in [1.165, 1.54) is 0 Å². The van der Waals surface area contributed by atoms with Gasteiger partial charge in [-0.2, -0.15) is 0 Å². The highest BCUT2D eigenvalue weighted by Crippen LogP contribution is 2.19. The highest BCUT2D eigenvalue weighted by atomic mass is 16.5. The molecule has 1 aromatic heterocycles. The minimum atomic E-state index is -0.395. The van der Waals surface area contributed by atoms with E-state index in [2.05, 4.69) is 29.0 Å². The van der Waals surface area contributed by atoms with Crippen LogP contribution in [0.5, 0.6) is 0 Å². The van der Waals surface area contributed by atoms with Crippen molar-refractivity contribution in [1.29, 1.82) is 0 Å². The molecule has 1 saturated heterocycles. The molecule has 2 N–H and O–H groups in total. The monoisotopic (exact) mass is 379 g/mol. The predicted molar refractivity (Wildman–Crippen MR) is 104 cm³/mol. The van der Waals surface area contributed by atoms with Crippen LogP contribution in [0.15, 0.2) is 0 Å². The van der Waals surface area contributed by atoms with Gasteiger partial charge in [-0.25, -0.2) is 4.79 Å². The number of hydrogen-bond donors (Lipinski definition) is 2. The zero-order valence-electron chi connectivity index (χ0n) is 17.2. The summed E-state index contributed by atoms with van der Waals surface area (Å²) in [5, 5.41) is 3.05. The molecule has 1 amide bonds. The second-order valence-corrected chi connectivity index (χ2v) is 7.49. The summed E-state index contributed by atoms with van der Waals surface area (Å²) < 4.78 is 10.5. The summed E-state index contributed by atoms with van der Waals surface area (Å²) in [6.45, 7) is 13.8. The largest absolute Gasteiger partial charge is 0.462 e. The van der Waals surface area contributed by atoms with Gasteiger partial charge in [-0.15, -0.1) is 0 Å². The molecular weight excluding hydrogens is 346 g/mol. The number of ether oxygens (including phenoxy) is 2. The third-order valence-electron chi connectivity index (χ3n) is 4.95. The van der Waals surface area contributed by atoms with E-state index in [-0.39, 0.29) is 11.9 Å². The Hall–Kier alpha value is -1.86. The Bertz CT molecular complexity index is 648. The standard InChI is InChI=1S/C20H33N3O4/c1-6-27-20(25)17-14(4)18(22-15(17)5)19(24)21-12-16(11-13(2)3)23-7-9-26-10-8-23/h13,16,22H,6-12H2,1-5H3,(H,21,24)/t16-/m1/s1. The molecule has 2 heterocycles. The van der Waals surface area contributed by atoms with Crippen molar-refractivity contribution in [2.45, 2.75) is 47.1 Å². The molecule has 0 spiro atoms. The highest BCUT2D eigenvalue weighted by molar-refractivity contribution is 6.00. The number of carbonyl (C=O) groups excluding carboxylic acids is 2. The van der Waals surface area contributed by atoms with Gasteiger partial charge >= 0.3 is 5.97 Å². The van der Waals surface area contributed by atoms with Crippen molar-refractivity contribution in [3.63, 3.8) is 0 Å². The quantitative estimate of drug-likeness (QED) is 0.677. The predicted octanol–water partition coefficient (Wildman–Crippen LogP) is 2.28. The smallest absolute Gasteiger partial charge is 0.340 e.